The molecule has 0 amide bonds. The summed E-state index contributed by atoms with van der Waals surface area (Å²) in [6.45, 7) is 11.7. The second-order valence-corrected chi connectivity index (χ2v) is 14.4. The zero-order chi connectivity index (χ0) is 31.4. The van der Waals surface area contributed by atoms with Crippen LogP contribution < -0.4 is 25.6 Å². The van der Waals surface area contributed by atoms with Crippen LogP contribution in [0.3, 0.4) is 0 Å². The Labute approximate surface area is 265 Å². The highest BCUT2D eigenvalue weighted by molar-refractivity contribution is 9.10. The summed E-state index contributed by atoms with van der Waals surface area (Å²) in [5.41, 5.74) is 5.31. The fraction of sp³-hybridized carbons (Fsp3) is 0.300. The zero-order valence-corrected chi connectivity index (χ0v) is 27.8. The van der Waals surface area contributed by atoms with Crippen LogP contribution in [-0.4, -0.2) is 79.4 Å². The van der Waals surface area contributed by atoms with E-state index < -0.39 is 7.14 Å². The Morgan fingerprint density at radius 3 is 2.57 bits per heavy atom. The number of nitrogens with zero attached hydrogens (tertiary/aromatic N) is 7. The molecule has 2 N–H and O–H groups in total. The monoisotopic (exact) mass is 679 g/mol. The Hall–Kier alpha value is -4.06. The van der Waals surface area contributed by atoms with E-state index in [0.29, 0.717) is 63.3 Å². The minimum atomic E-state index is -2.82. The summed E-state index contributed by atoms with van der Waals surface area (Å²) < 4.78 is 27.4. The molecule has 0 radical (unpaired) electrons. The van der Waals surface area contributed by atoms with E-state index in [1.807, 2.05) is 36.0 Å². The zero-order valence-electron chi connectivity index (χ0n) is 25.3. The predicted octanol–water partition coefficient (Wildman–Crippen LogP) is 6.27. The molecule has 3 heterocycles. The number of benzene rings is 2. The van der Waals surface area contributed by atoms with E-state index in [9.17, 15) is 4.57 Å². The van der Waals surface area contributed by atoms with Crippen molar-refractivity contribution in [2.75, 3.05) is 62.3 Å². The van der Waals surface area contributed by atoms with E-state index in [0.717, 1.165) is 30.0 Å². The molecule has 0 unspecified atom stereocenters. The maximum atomic E-state index is 13.5. The van der Waals surface area contributed by atoms with Crippen molar-refractivity contribution in [3.8, 4) is 17.0 Å². The first kappa shape index (κ1) is 31.4. The molecule has 14 heteroatoms. The minimum Gasteiger partial charge on any atom is -0.494 e. The number of nitrogens with one attached hydrogen (secondary N) is 2. The number of ether oxygens (including phenoxy) is 2. The third kappa shape index (κ3) is 6.54. The Morgan fingerprint density at radius 2 is 1.93 bits per heavy atom. The lowest BCUT2D eigenvalue weighted by Crippen LogP contribution is -2.36. The molecule has 1 aliphatic heterocycles. The van der Waals surface area contributed by atoms with Gasteiger partial charge in [-0.2, -0.15) is 10.1 Å². The molecule has 0 atom stereocenters. The number of aromatic nitrogens is 4. The predicted molar refractivity (Wildman–Crippen MR) is 183 cm³/mol. The number of rotatable bonds is 10. The largest absolute Gasteiger partial charge is 0.494 e. The van der Waals surface area contributed by atoms with Crippen molar-refractivity contribution in [1.82, 2.24) is 19.7 Å². The molecule has 0 bridgehead atoms. The van der Waals surface area contributed by atoms with Gasteiger partial charge in [0.25, 0.3) is 0 Å². The second-order valence-electron chi connectivity index (χ2n) is 10.4. The number of methoxy groups -OCH3 is 1. The van der Waals surface area contributed by atoms with Gasteiger partial charge in [-0.05, 0) is 67.2 Å². The maximum Gasteiger partial charge on any atom is 0.229 e. The van der Waals surface area contributed by atoms with Crippen molar-refractivity contribution in [1.29, 1.82) is 0 Å². The molecule has 230 valence electrons. The van der Waals surface area contributed by atoms with Crippen LogP contribution in [0, 0.1) is 0 Å². The van der Waals surface area contributed by atoms with Crippen LogP contribution in [0.1, 0.15) is 6.92 Å². The van der Waals surface area contributed by atoms with E-state index in [-0.39, 0.29) is 0 Å². The van der Waals surface area contributed by atoms with Crippen LogP contribution in [0.25, 0.3) is 11.3 Å². The number of anilines is 5. The third-order valence-electron chi connectivity index (χ3n) is 7.11. The van der Waals surface area contributed by atoms with Crippen LogP contribution >= 0.6 is 23.1 Å². The van der Waals surface area contributed by atoms with Gasteiger partial charge in [-0.25, -0.2) is 4.98 Å². The molecule has 2 aromatic carbocycles. The van der Waals surface area contributed by atoms with Gasteiger partial charge in [0.2, 0.25) is 5.95 Å². The molecule has 0 saturated carbocycles. The van der Waals surface area contributed by atoms with E-state index in [4.69, 9.17) is 14.5 Å². The molecule has 4 aromatic rings. The summed E-state index contributed by atoms with van der Waals surface area (Å²) in [4.78, 5) is 20.1. The molecule has 1 aliphatic rings. The Kier molecular flexibility index (Phi) is 9.48. The molecule has 0 spiro atoms. The lowest BCUT2D eigenvalue weighted by atomic mass is 10.1. The van der Waals surface area contributed by atoms with Crippen LogP contribution in [0.4, 0.5) is 40.2 Å². The Morgan fingerprint density at radius 1 is 1.16 bits per heavy atom. The summed E-state index contributed by atoms with van der Waals surface area (Å²) in [5.74, 6) is 1.44. The first-order valence-electron chi connectivity index (χ1n) is 13.9. The van der Waals surface area contributed by atoms with Gasteiger partial charge in [0.05, 0.1) is 58.5 Å². The van der Waals surface area contributed by atoms with Crippen molar-refractivity contribution in [2.24, 2.45) is 17.0 Å². The SMILES string of the molecule is C=Nc1ccc(Nc2nc(Nc3cc(-c4ccnn4C)c(N4CCOCC4)cc3OC)ncc2Br)c(P(C)(C)=O)c1N=CC. The molecular weight excluding hydrogens is 645 g/mol. The minimum absolute atomic E-state index is 0.331. The molecule has 1 saturated heterocycles. The number of aryl methyl sites for hydroxylation is 1. The van der Waals surface area contributed by atoms with Gasteiger partial charge in [0.1, 0.15) is 24.4 Å². The summed E-state index contributed by atoms with van der Waals surface area (Å²) in [5, 5.41) is 11.6. The fourth-order valence-corrected chi connectivity index (χ4v) is 6.79. The second kappa shape index (κ2) is 13.3. The molecule has 12 nitrogen and oxygen atoms in total. The first-order chi connectivity index (χ1) is 21.1. The van der Waals surface area contributed by atoms with Crippen molar-refractivity contribution in [3.63, 3.8) is 0 Å². The average molecular weight is 681 g/mol. The normalized spacial score (nSPS) is 13.7. The first-order valence-corrected chi connectivity index (χ1v) is 17.3. The van der Waals surface area contributed by atoms with Gasteiger partial charge in [0, 0.05) is 50.4 Å². The van der Waals surface area contributed by atoms with Gasteiger partial charge in [0.15, 0.2) is 0 Å². The average Bonchev–Trinajstić information content (AvgIpc) is 3.44. The molecule has 5 rings (SSSR count). The van der Waals surface area contributed by atoms with Gasteiger partial charge >= 0.3 is 0 Å². The molecule has 0 aliphatic carbocycles. The third-order valence-corrected chi connectivity index (χ3v) is 9.22. The van der Waals surface area contributed by atoms with Crippen molar-refractivity contribution >= 4 is 81.5 Å². The highest BCUT2D eigenvalue weighted by Crippen LogP contribution is 2.46. The van der Waals surface area contributed by atoms with E-state index in [1.54, 1.807) is 52.0 Å². The quantitative estimate of drug-likeness (QED) is 0.147. The summed E-state index contributed by atoms with van der Waals surface area (Å²) in [7, 11) is 0.735. The van der Waals surface area contributed by atoms with Gasteiger partial charge < -0.3 is 29.6 Å². The topological polar surface area (TPSA) is 131 Å². The fourth-order valence-electron chi connectivity index (χ4n) is 5.11. The van der Waals surface area contributed by atoms with Gasteiger partial charge in [-0.15, -0.1) is 0 Å². The Balaban J connectivity index is 1.55. The Bertz CT molecular complexity index is 1760. The number of hydrogen-bond acceptors (Lipinski definition) is 11. The molecule has 1 fully saturated rings. The number of aliphatic imine (C=N–C) groups is 2. The van der Waals surface area contributed by atoms with Crippen LogP contribution in [0.5, 0.6) is 5.75 Å². The number of hydrogen-bond donors (Lipinski definition) is 2. The summed E-state index contributed by atoms with van der Waals surface area (Å²) in [6.07, 6.45) is 5.07. The van der Waals surface area contributed by atoms with E-state index in [2.05, 4.69) is 58.2 Å². The van der Waals surface area contributed by atoms with Crippen molar-refractivity contribution in [3.05, 3.63) is 47.2 Å². The van der Waals surface area contributed by atoms with Crippen LogP contribution in [0.15, 0.2) is 57.2 Å². The maximum absolute atomic E-state index is 13.5. The smallest absolute Gasteiger partial charge is 0.229 e. The van der Waals surface area contributed by atoms with E-state index in [1.165, 1.54) is 0 Å². The number of morpholine rings is 1. The molecule has 44 heavy (non-hydrogen) atoms. The highest BCUT2D eigenvalue weighted by Gasteiger charge is 2.25. The number of halogens is 1. The molecular formula is C30H35BrN9O3P. The lowest BCUT2D eigenvalue weighted by Gasteiger charge is -2.31. The summed E-state index contributed by atoms with van der Waals surface area (Å²) >= 11 is 3.56. The van der Waals surface area contributed by atoms with Gasteiger partial charge in [-0.3, -0.25) is 14.7 Å². The standard InChI is InChI=1S/C30H35BrN9O3P/c1-7-33-27-21(32-2)8-9-22(28(27)44(5,6)41)36-29-20(31)18-34-30(38-29)37-23-16-19(24-10-11-35-39(24)3)25(17-26(23)42-4)40-12-14-43-15-13-40/h7-11,16-18H,2,12-15H2,1,3-6H3,(H2,34,36,37,38). The summed E-state index contributed by atoms with van der Waals surface area (Å²) in [6, 6.07) is 9.62. The van der Waals surface area contributed by atoms with E-state index >= 15 is 0 Å². The molecule has 2 aromatic heterocycles. The lowest BCUT2D eigenvalue weighted by molar-refractivity contribution is 0.122. The van der Waals surface area contributed by atoms with Crippen LogP contribution in [-0.2, 0) is 16.3 Å². The van der Waals surface area contributed by atoms with Crippen molar-refractivity contribution < 1.29 is 14.0 Å². The van der Waals surface area contributed by atoms with Crippen LogP contribution in [0.2, 0.25) is 0 Å². The van der Waals surface area contributed by atoms with Gasteiger partial charge in [-0.1, -0.05) is 0 Å². The highest BCUT2D eigenvalue weighted by atomic mass is 79.9. The van der Waals surface area contributed by atoms with Crippen molar-refractivity contribution in [2.45, 2.75) is 6.92 Å².